The third-order valence-corrected chi connectivity index (χ3v) is 3.94. The first-order valence-electron chi connectivity index (χ1n) is 7.36. The molecule has 1 aliphatic rings. The Labute approximate surface area is 125 Å². The van der Waals surface area contributed by atoms with E-state index in [1.165, 1.54) is 12.8 Å². The molecule has 0 spiro atoms. The molecule has 20 heavy (non-hydrogen) atoms. The topological polar surface area (TPSA) is 29.5 Å². The highest BCUT2D eigenvalue weighted by Gasteiger charge is 2.28. The lowest BCUT2D eigenvalue weighted by atomic mass is 10.1. The molecule has 3 nitrogen and oxygen atoms in total. The third kappa shape index (κ3) is 3.45. The van der Waals surface area contributed by atoms with Gasteiger partial charge < -0.3 is 9.64 Å². The molecule has 4 heteroatoms. The maximum Gasteiger partial charge on any atom is 0.257 e. The van der Waals surface area contributed by atoms with Crippen LogP contribution in [0.15, 0.2) is 24.3 Å². The number of hydrogen-bond donors (Lipinski definition) is 0. The number of halogens is 1. The van der Waals surface area contributed by atoms with Crippen LogP contribution >= 0.6 is 11.6 Å². The lowest BCUT2D eigenvalue weighted by molar-refractivity contribution is 0.0691. The lowest BCUT2D eigenvalue weighted by Crippen LogP contribution is -2.40. The van der Waals surface area contributed by atoms with Gasteiger partial charge >= 0.3 is 0 Å². The molecule has 1 amide bonds. The molecular weight excluding hydrogens is 274 g/mol. The number of rotatable bonds is 6. The average molecular weight is 296 g/mol. The van der Waals surface area contributed by atoms with Crippen LogP contribution in [0.1, 0.15) is 43.0 Å². The van der Waals surface area contributed by atoms with Crippen LogP contribution in [0.25, 0.3) is 0 Å². The SMILES string of the molecule is CCOc1ccccc1C(=O)N(CCCl)C1CCCC1. The number of hydrogen-bond acceptors (Lipinski definition) is 2. The molecule has 1 aromatic rings. The summed E-state index contributed by atoms with van der Waals surface area (Å²) in [4.78, 5) is 14.7. The highest BCUT2D eigenvalue weighted by molar-refractivity contribution is 6.18. The fraction of sp³-hybridized carbons (Fsp3) is 0.562. The largest absolute Gasteiger partial charge is 0.493 e. The van der Waals surface area contributed by atoms with E-state index in [9.17, 15) is 4.79 Å². The number of carbonyl (C=O) groups excluding carboxylic acids is 1. The van der Waals surface area contributed by atoms with Crippen LogP contribution in [0.3, 0.4) is 0 Å². The highest BCUT2D eigenvalue weighted by atomic mass is 35.5. The van der Waals surface area contributed by atoms with Crippen molar-refractivity contribution < 1.29 is 9.53 Å². The Hall–Kier alpha value is -1.22. The van der Waals surface area contributed by atoms with Gasteiger partial charge in [-0.05, 0) is 31.9 Å². The minimum atomic E-state index is 0.0431. The van der Waals surface area contributed by atoms with Crippen LogP contribution in [0.4, 0.5) is 0 Å². The Kier molecular flexibility index (Phi) is 5.72. The normalized spacial score (nSPS) is 15.3. The molecule has 1 aromatic carbocycles. The molecule has 0 N–H and O–H groups in total. The molecule has 0 atom stereocenters. The van der Waals surface area contributed by atoms with Gasteiger partial charge in [-0.15, -0.1) is 11.6 Å². The molecule has 0 unspecified atom stereocenters. The predicted octanol–water partition coefficient (Wildman–Crippen LogP) is 3.71. The number of para-hydroxylation sites is 1. The summed E-state index contributed by atoms with van der Waals surface area (Å²) in [6, 6.07) is 7.79. The molecule has 0 heterocycles. The first-order chi connectivity index (χ1) is 9.77. The zero-order chi connectivity index (χ0) is 14.4. The smallest absolute Gasteiger partial charge is 0.257 e. The van der Waals surface area contributed by atoms with E-state index in [1.807, 2.05) is 36.1 Å². The van der Waals surface area contributed by atoms with Gasteiger partial charge in [0.2, 0.25) is 0 Å². The molecule has 0 radical (unpaired) electrons. The molecular formula is C16H22ClNO2. The third-order valence-electron chi connectivity index (χ3n) is 3.77. The molecule has 1 aliphatic carbocycles. The lowest BCUT2D eigenvalue weighted by Gasteiger charge is -2.29. The zero-order valence-electron chi connectivity index (χ0n) is 12.0. The molecule has 0 bridgehead atoms. The number of benzene rings is 1. The van der Waals surface area contributed by atoms with Gasteiger partial charge in [0, 0.05) is 18.5 Å². The Bertz CT molecular complexity index is 444. The fourth-order valence-electron chi connectivity index (χ4n) is 2.84. The first-order valence-corrected chi connectivity index (χ1v) is 7.90. The second-order valence-corrected chi connectivity index (χ2v) is 5.43. The number of amides is 1. The Morgan fingerprint density at radius 2 is 2.05 bits per heavy atom. The van der Waals surface area contributed by atoms with E-state index in [0.29, 0.717) is 36.4 Å². The minimum absolute atomic E-state index is 0.0431. The molecule has 0 aliphatic heterocycles. The monoisotopic (exact) mass is 295 g/mol. The second-order valence-electron chi connectivity index (χ2n) is 5.05. The minimum Gasteiger partial charge on any atom is -0.493 e. The van der Waals surface area contributed by atoms with Crippen LogP contribution in [0, 0.1) is 0 Å². The summed E-state index contributed by atoms with van der Waals surface area (Å²) in [6.45, 7) is 3.09. The van der Waals surface area contributed by atoms with Crippen LogP contribution < -0.4 is 4.74 Å². The van der Waals surface area contributed by atoms with E-state index in [1.54, 1.807) is 0 Å². The zero-order valence-corrected chi connectivity index (χ0v) is 12.7. The van der Waals surface area contributed by atoms with E-state index in [0.717, 1.165) is 12.8 Å². The van der Waals surface area contributed by atoms with Gasteiger partial charge in [-0.2, -0.15) is 0 Å². The van der Waals surface area contributed by atoms with Crippen molar-refractivity contribution in [2.45, 2.75) is 38.6 Å². The Morgan fingerprint density at radius 1 is 1.35 bits per heavy atom. The van der Waals surface area contributed by atoms with E-state index >= 15 is 0 Å². The Morgan fingerprint density at radius 3 is 2.70 bits per heavy atom. The van der Waals surface area contributed by atoms with Gasteiger partial charge in [0.05, 0.1) is 12.2 Å². The van der Waals surface area contributed by atoms with Crippen molar-refractivity contribution in [1.29, 1.82) is 0 Å². The summed E-state index contributed by atoms with van der Waals surface area (Å²) in [5.41, 5.74) is 0.645. The number of ether oxygens (including phenoxy) is 1. The molecule has 0 aromatic heterocycles. The van der Waals surface area contributed by atoms with Crippen molar-refractivity contribution in [2.24, 2.45) is 0 Å². The van der Waals surface area contributed by atoms with Gasteiger partial charge in [-0.3, -0.25) is 4.79 Å². The van der Waals surface area contributed by atoms with Crippen molar-refractivity contribution >= 4 is 17.5 Å². The summed E-state index contributed by atoms with van der Waals surface area (Å²) in [7, 11) is 0. The van der Waals surface area contributed by atoms with Gasteiger partial charge in [0.1, 0.15) is 5.75 Å². The first kappa shape index (κ1) is 15.2. The van der Waals surface area contributed by atoms with Crippen molar-refractivity contribution in [1.82, 2.24) is 4.90 Å². The van der Waals surface area contributed by atoms with Gasteiger partial charge in [0.25, 0.3) is 5.91 Å². The van der Waals surface area contributed by atoms with Crippen LogP contribution in [-0.4, -0.2) is 35.9 Å². The number of nitrogens with zero attached hydrogens (tertiary/aromatic N) is 1. The van der Waals surface area contributed by atoms with E-state index in [2.05, 4.69) is 0 Å². The molecule has 110 valence electrons. The van der Waals surface area contributed by atoms with Gasteiger partial charge in [0.15, 0.2) is 0 Å². The molecule has 2 rings (SSSR count). The van der Waals surface area contributed by atoms with Gasteiger partial charge in [-0.25, -0.2) is 0 Å². The Balaban J connectivity index is 2.22. The maximum absolute atomic E-state index is 12.8. The molecule has 1 fully saturated rings. The van der Waals surface area contributed by atoms with Crippen molar-refractivity contribution in [3.63, 3.8) is 0 Å². The summed E-state index contributed by atoms with van der Waals surface area (Å²) >= 11 is 5.88. The van der Waals surface area contributed by atoms with Crippen LogP contribution in [0.5, 0.6) is 5.75 Å². The van der Waals surface area contributed by atoms with Crippen LogP contribution in [0.2, 0.25) is 0 Å². The van der Waals surface area contributed by atoms with E-state index < -0.39 is 0 Å². The van der Waals surface area contributed by atoms with Crippen LogP contribution in [-0.2, 0) is 0 Å². The maximum atomic E-state index is 12.8. The fourth-order valence-corrected chi connectivity index (χ4v) is 3.02. The molecule has 1 saturated carbocycles. The highest BCUT2D eigenvalue weighted by Crippen LogP contribution is 2.27. The second kappa shape index (κ2) is 7.53. The quantitative estimate of drug-likeness (QED) is 0.749. The van der Waals surface area contributed by atoms with E-state index in [-0.39, 0.29) is 5.91 Å². The van der Waals surface area contributed by atoms with Gasteiger partial charge in [-0.1, -0.05) is 25.0 Å². The summed E-state index contributed by atoms with van der Waals surface area (Å²) < 4.78 is 5.57. The number of carbonyl (C=O) groups is 1. The average Bonchev–Trinajstić information content (AvgIpc) is 2.99. The number of alkyl halides is 1. The summed E-state index contributed by atoms with van der Waals surface area (Å²) in [5.74, 6) is 1.18. The van der Waals surface area contributed by atoms with E-state index in [4.69, 9.17) is 16.3 Å². The predicted molar refractivity (Wildman–Crippen MR) is 81.6 cm³/mol. The molecule has 0 saturated heterocycles. The van der Waals surface area contributed by atoms with Crippen molar-refractivity contribution in [2.75, 3.05) is 19.0 Å². The standard InChI is InChI=1S/C16H22ClNO2/c1-2-20-15-10-6-5-9-14(15)16(19)18(12-11-17)13-7-3-4-8-13/h5-6,9-10,13H,2-4,7-8,11-12H2,1H3. The summed E-state index contributed by atoms with van der Waals surface area (Å²) in [6.07, 6.45) is 4.56. The summed E-state index contributed by atoms with van der Waals surface area (Å²) in [5, 5.41) is 0. The van der Waals surface area contributed by atoms with Crippen molar-refractivity contribution in [3.05, 3.63) is 29.8 Å². The van der Waals surface area contributed by atoms with Crippen molar-refractivity contribution in [3.8, 4) is 5.75 Å².